The van der Waals surface area contributed by atoms with E-state index < -0.39 is 16.0 Å². The molecule has 0 unspecified atom stereocenters. The van der Waals surface area contributed by atoms with E-state index in [1.54, 1.807) is 12.1 Å². The first kappa shape index (κ1) is 17.0. The molecule has 1 rings (SSSR count). The van der Waals surface area contributed by atoms with E-state index >= 15 is 0 Å². The van der Waals surface area contributed by atoms with Gasteiger partial charge in [0.15, 0.2) is 0 Å². The average Bonchev–Trinajstić information content (AvgIpc) is 2.40. The number of ether oxygens (including phenoxy) is 1. The molecule has 0 aliphatic carbocycles. The largest absolute Gasteiger partial charge is 0.469 e. The van der Waals surface area contributed by atoms with E-state index in [0.717, 1.165) is 16.5 Å². The Morgan fingerprint density at radius 3 is 2.70 bits per heavy atom. The summed E-state index contributed by atoms with van der Waals surface area (Å²) in [5.41, 5.74) is 1.49. The van der Waals surface area contributed by atoms with Gasteiger partial charge in [0.05, 0.1) is 18.6 Å². The summed E-state index contributed by atoms with van der Waals surface area (Å²) in [7, 11) is -2.17. The number of hydrogen-bond donors (Lipinski definition) is 1. The van der Waals surface area contributed by atoms with Crippen LogP contribution < -0.4 is 4.72 Å². The van der Waals surface area contributed by atoms with Gasteiger partial charge in [-0.1, -0.05) is 22.9 Å². The highest BCUT2D eigenvalue weighted by Crippen LogP contribution is 2.22. The van der Waals surface area contributed by atoms with Crippen LogP contribution in [0.2, 0.25) is 0 Å². The third kappa shape index (κ3) is 5.50. The number of carbonyl (C=O) groups excluding carboxylic acids is 1. The summed E-state index contributed by atoms with van der Waals surface area (Å²) in [4.78, 5) is 11.0. The second-order valence-electron chi connectivity index (χ2n) is 4.26. The molecule has 5 nitrogen and oxygen atoms in total. The lowest BCUT2D eigenvalue weighted by Gasteiger charge is -2.12. The molecule has 0 radical (unpaired) electrons. The topological polar surface area (TPSA) is 72.5 Å². The molecule has 0 heterocycles. The minimum Gasteiger partial charge on any atom is -0.469 e. The number of anilines is 1. The second-order valence-corrected chi connectivity index (χ2v) is 7.01. The maximum atomic E-state index is 11.9. The van der Waals surface area contributed by atoms with E-state index in [4.69, 9.17) is 0 Å². The fraction of sp³-hybridized carbons (Fsp3) is 0.462. The van der Waals surface area contributed by atoms with Crippen molar-refractivity contribution in [3.05, 3.63) is 28.2 Å². The summed E-state index contributed by atoms with van der Waals surface area (Å²) in [6.07, 6.45) is 1.05. The van der Waals surface area contributed by atoms with Crippen LogP contribution in [0, 0.1) is 0 Å². The lowest BCUT2D eigenvalue weighted by Crippen LogP contribution is -2.18. The molecule has 0 saturated heterocycles. The number of benzene rings is 1. The third-order valence-corrected chi connectivity index (χ3v) is 4.59. The first-order chi connectivity index (χ1) is 9.38. The fourth-order valence-corrected chi connectivity index (χ4v) is 3.25. The van der Waals surface area contributed by atoms with E-state index in [2.05, 4.69) is 25.4 Å². The number of carbonyl (C=O) groups is 1. The van der Waals surface area contributed by atoms with Gasteiger partial charge in [-0.05, 0) is 36.6 Å². The predicted molar refractivity (Wildman–Crippen MR) is 82.2 cm³/mol. The molecule has 112 valence electrons. The van der Waals surface area contributed by atoms with Crippen LogP contribution in [0.1, 0.15) is 25.3 Å². The molecule has 20 heavy (non-hydrogen) atoms. The zero-order valence-corrected chi connectivity index (χ0v) is 13.9. The number of nitrogens with one attached hydrogen (secondary N) is 1. The summed E-state index contributed by atoms with van der Waals surface area (Å²) >= 11 is 3.35. The van der Waals surface area contributed by atoms with Gasteiger partial charge in [-0.25, -0.2) is 8.42 Å². The lowest BCUT2D eigenvalue weighted by atomic mass is 10.1. The third-order valence-electron chi connectivity index (χ3n) is 2.74. The molecule has 0 spiro atoms. The highest BCUT2D eigenvalue weighted by atomic mass is 79.9. The minimum absolute atomic E-state index is 0.0956. The van der Waals surface area contributed by atoms with Crippen LogP contribution in [0.15, 0.2) is 22.7 Å². The van der Waals surface area contributed by atoms with E-state index in [0.29, 0.717) is 5.69 Å². The van der Waals surface area contributed by atoms with Crippen molar-refractivity contribution >= 4 is 37.6 Å². The maximum Gasteiger partial charge on any atom is 0.305 e. The van der Waals surface area contributed by atoms with Gasteiger partial charge in [0.1, 0.15) is 0 Å². The second kappa shape index (κ2) is 7.64. The monoisotopic (exact) mass is 363 g/mol. The summed E-state index contributed by atoms with van der Waals surface area (Å²) in [5.74, 6) is -0.514. The SMILES string of the molecule is CCc1cc(Br)ccc1NS(=O)(=O)CCCC(=O)OC. The average molecular weight is 364 g/mol. The number of rotatable bonds is 7. The van der Waals surface area contributed by atoms with Crippen molar-refractivity contribution in [3.8, 4) is 0 Å². The van der Waals surface area contributed by atoms with Crippen molar-refractivity contribution in [2.24, 2.45) is 0 Å². The van der Waals surface area contributed by atoms with Gasteiger partial charge < -0.3 is 4.74 Å². The molecule has 1 N–H and O–H groups in total. The Hall–Kier alpha value is -1.08. The number of hydrogen-bond acceptors (Lipinski definition) is 4. The van der Waals surface area contributed by atoms with Crippen LogP contribution in [-0.4, -0.2) is 27.2 Å². The van der Waals surface area contributed by atoms with Crippen molar-refractivity contribution in [1.82, 2.24) is 0 Å². The quantitative estimate of drug-likeness (QED) is 0.755. The Morgan fingerprint density at radius 2 is 2.10 bits per heavy atom. The number of methoxy groups -OCH3 is 1. The van der Waals surface area contributed by atoms with Crippen LogP contribution >= 0.6 is 15.9 Å². The van der Waals surface area contributed by atoms with Crippen LogP contribution in [0.4, 0.5) is 5.69 Å². The first-order valence-electron chi connectivity index (χ1n) is 6.23. The van der Waals surface area contributed by atoms with E-state index in [-0.39, 0.29) is 18.6 Å². The maximum absolute atomic E-state index is 11.9. The molecular formula is C13H18BrNO4S. The van der Waals surface area contributed by atoms with Gasteiger partial charge in [0.25, 0.3) is 0 Å². The first-order valence-corrected chi connectivity index (χ1v) is 8.68. The van der Waals surface area contributed by atoms with Gasteiger partial charge in [-0.3, -0.25) is 9.52 Å². The van der Waals surface area contributed by atoms with Crippen molar-refractivity contribution in [1.29, 1.82) is 0 Å². The molecule has 0 saturated carbocycles. The van der Waals surface area contributed by atoms with Gasteiger partial charge in [0, 0.05) is 10.9 Å². The molecule has 0 fully saturated rings. The van der Waals surface area contributed by atoms with E-state index in [1.807, 2.05) is 13.0 Å². The zero-order valence-electron chi connectivity index (χ0n) is 11.5. The number of aryl methyl sites for hydroxylation is 1. The number of esters is 1. The standard InChI is InChI=1S/C13H18BrNO4S/c1-3-10-9-11(14)6-7-12(10)15-20(17,18)8-4-5-13(16)19-2/h6-7,9,15H,3-5,8H2,1-2H3. The number of sulfonamides is 1. The summed E-state index contributed by atoms with van der Waals surface area (Å²) in [5, 5.41) is 0. The van der Waals surface area contributed by atoms with Crippen molar-refractivity contribution < 1.29 is 17.9 Å². The predicted octanol–water partition coefficient (Wildman–Crippen LogP) is 2.71. The Labute approximate surface area is 127 Å². The molecule has 0 amide bonds. The Morgan fingerprint density at radius 1 is 1.40 bits per heavy atom. The molecule has 0 atom stereocenters. The number of halogens is 1. The highest BCUT2D eigenvalue weighted by molar-refractivity contribution is 9.10. The summed E-state index contributed by atoms with van der Waals surface area (Å²) in [6, 6.07) is 5.39. The lowest BCUT2D eigenvalue weighted by molar-refractivity contribution is -0.140. The molecule has 0 bridgehead atoms. The van der Waals surface area contributed by atoms with Gasteiger partial charge in [-0.2, -0.15) is 0 Å². The normalized spacial score (nSPS) is 11.2. The molecule has 1 aromatic carbocycles. The van der Waals surface area contributed by atoms with Crippen molar-refractivity contribution in [3.63, 3.8) is 0 Å². The van der Waals surface area contributed by atoms with Gasteiger partial charge in [-0.15, -0.1) is 0 Å². The van der Waals surface area contributed by atoms with Crippen molar-refractivity contribution in [2.75, 3.05) is 17.6 Å². The Bertz CT molecular complexity index is 572. The van der Waals surface area contributed by atoms with Gasteiger partial charge >= 0.3 is 5.97 Å². The minimum atomic E-state index is -3.46. The molecule has 1 aromatic rings. The molecule has 0 aliphatic heterocycles. The highest BCUT2D eigenvalue weighted by Gasteiger charge is 2.13. The van der Waals surface area contributed by atoms with Crippen LogP contribution in [0.3, 0.4) is 0 Å². The smallest absolute Gasteiger partial charge is 0.305 e. The molecular weight excluding hydrogens is 346 g/mol. The Balaban J connectivity index is 2.69. The van der Waals surface area contributed by atoms with E-state index in [9.17, 15) is 13.2 Å². The van der Waals surface area contributed by atoms with E-state index in [1.165, 1.54) is 7.11 Å². The van der Waals surface area contributed by atoms with Crippen LogP contribution in [0.25, 0.3) is 0 Å². The summed E-state index contributed by atoms with van der Waals surface area (Å²) < 4.78 is 31.8. The van der Waals surface area contributed by atoms with Crippen LogP contribution in [-0.2, 0) is 26.0 Å². The molecule has 0 aliphatic rings. The van der Waals surface area contributed by atoms with Gasteiger partial charge in [0.2, 0.25) is 10.0 Å². The Kier molecular flexibility index (Phi) is 6.48. The molecule has 0 aromatic heterocycles. The molecule has 7 heteroatoms. The summed E-state index contributed by atoms with van der Waals surface area (Å²) in [6.45, 7) is 1.96. The van der Waals surface area contributed by atoms with Crippen LogP contribution in [0.5, 0.6) is 0 Å². The fourth-order valence-electron chi connectivity index (χ4n) is 1.68. The van der Waals surface area contributed by atoms with Crippen molar-refractivity contribution in [2.45, 2.75) is 26.2 Å². The zero-order chi connectivity index (χ0) is 15.2.